The van der Waals surface area contributed by atoms with Crippen LogP contribution in [0.3, 0.4) is 0 Å². The molecule has 0 spiro atoms. The van der Waals surface area contributed by atoms with Crippen molar-refractivity contribution in [1.82, 2.24) is 10.1 Å². The van der Waals surface area contributed by atoms with Gasteiger partial charge in [-0.05, 0) is 18.8 Å². The predicted octanol–water partition coefficient (Wildman–Crippen LogP) is 0.0142. The second-order valence-corrected chi connectivity index (χ2v) is 3.48. The molecule has 72 valence electrons. The Hall–Kier alpha value is -0.940. The third-order valence-electron chi connectivity index (χ3n) is 2.17. The molecule has 1 atom stereocenters. The van der Waals surface area contributed by atoms with E-state index < -0.39 is 6.04 Å². The van der Waals surface area contributed by atoms with E-state index in [1.54, 1.807) is 0 Å². The Morgan fingerprint density at radius 2 is 2.38 bits per heavy atom. The molecular formula is C8H13N3O2. The first-order valence-corrected chi connectivity index (χ1v) is 4.48. The number of hydrogen-bond donors (Lipinski definition) is 2. The zero-order chi connectivity index (χ0) is 9.26. The molecule has 13 heavy (non-hydrogen) atoms. The van der Waals surface area contributed by atoms with Crippen LogP contribution in [0.5, 0.6) is 0 Å². The van der Waals surface area contributed by atoms with Crippen molar-refractivity contribution in [2.75, 3.05) is 6.61 Å². The Morgan fingerprint density at radius 3 is 3.00 bits per heavy atom. The maximum Gasteiger partial charge on any atom is 0.226 e. The van der Waals surface area contributed by atoms with Crippen LogP contribution in [-0.4, -0.2) is 21.9 Å². The van der Waals surface area contributed by atoms with Gasteiger partial charge in [0.25, 0.3) is 0 Å². The SMILES string of the molecule is NC(CO)c1noc(CC2CC2)n1. The van der Waals surface area contributed by atoms with Crippen LogP contribution in [-0.2, 0) is 6.42 Å². The van der Waals surface area contributed by atoms with Gasteiger partial charge >= 0.3 is 0 Å². The fraction of sp³-hybridized carbons (Fsp3) is 0.750. The monoisotopic (exact) mass is 183 g/mol. The Morgan fingerprint density at radius 1 is 1.62 bits per heavy atom. The minimum atomic E-state index is -0.517. The van der Waals surface area contributed by atoms with Crippen molar-refractivity contribution in [1.29, 1.82) is 0 Å². The Bertz CT molecular complexity index is 283. The molecule has 2 rings (SSSR count). The number of aliphatic hydroxyl groups excluding tert-OH is 1. The lowest BCUT2D eigenvalue weighted by molar-refractivity contribution is 0.259. The highest BCUT2D eigenvalue weighted by atomic mass is 16.5. The molecule has 0 radical (unpaired) electrons. The third kappa shape index (κ3) is 2.05. The van der Waals surface area contributed by atoms with Crippen LogP contribution in [0.2, 0.25) is 0 Å². The van der Waals surface area contributed by atoms with Gasteiger partial charge in [-0.25, -0.2) is 0 Å². The van der Waals surface area contributed by atoms with Crippen LogP contribution in [0.25, 0.3) is 0 Å². The maximum atomic E-state index is 8.75. The summed E-state index contributed by atoms with van der Waals surface area (Å²) >= 11 is 0. The molecule has 1 fully saturated rings. The van der Waals surface area contributed by atoms with Gasteiger partial charge in [0.05, 0.1) is 12.6 Å². The molecule has 0 aromatic carbocycles. The van der Waals surface area contributed by atoms with Crippen molar-refractivity contribution < 1.29 is 9.63 Å². The van der Waals surface area contributed by atoms with E-state index in [0.29, 0.717) is 11.7 Å². The minimum Gasteiger partial charge on any atom is -0.394 e. The number of hydrogen-bond acceptors (Lipinski definition) is 5. The van der Waals surface area contributed by atoms with Crippen molar-refractivity contribution >= 4 is 0 Å². The van der Waals surface area contributed by atoms with Gasteiger partial charge in [-0.3, -0.25) is 0 Å². The molecule has 1 heterocycles. The van der Waals surface area contributed by atoms with E-state index in [1.807, 2.05) is 0 Å². The first-order chi connectivity index (χ1) is 6.29. The fourth-order valence-electron chi connectivity index (χ4n) is 1.15. The van der Waals surface area contributed by atoms with E-state index in [1.165, 1.54) is 12.8 Å². The molecule has 5 heteroatoms. The van der Waals surface area contributed by atoms with E-state index in [-0.39, 0.29) is 6.61 Å². The summed E-state index contributed by atoms with van der Waals surface area (Å²) in [6, 6.07) is -0.517. The van der Waals surface area contributed by atoms with E-state index in [4.69, 9.17) is 15.4 Å². The summed E-state index contributed by atoms with van der Waals surface area (Å²) in [6.07, 6.45) is 3.36. The van der Waals surface area contributed by atoms with Crippen molar-refractivity contribution in [3.63, 3.8) is 0 Å². The molecule has 1 aliphatic rings. The summed E-state index contributed by atoms with van der Waals surface area (Å²) < 4.78 is 4.99. The van der Waals surface area contributed by atoms with E-state index >= 15 is 0 Å². The predicted molar refractivity (Wildman–Crippen MR) is 44.7 cm³/mol. The second-order valence-electron chi connectivity index (χ2n) is 3.48. The lowest BCUT2D eigenvalue weighted by Gasteiger charge is -1.98. The van der Waals surface area contributed by atoms with Gasteiger partial charge in [0.1, 0.15) is 0 Å². The largest absolute Gasteiger partial charge is 0.394 e. The van der Waals surface area contributed by atoms with E-state index in [9.17, 15) is 0 Å². The Labute approximate surface area is 75.9 Å². The molecule has 1 aliphatic carbocycles. The quantitative estimate of drug-likeness (QED) is 0.687. The summed E-state index contributed by atoms with van der Waals surface area (Å²) in [7, 11) is 0. The molecule has 5 nitrogen and oxygen atoms in total. The first-order valence-electron chi connectivity index (χ1n) is 4.48. The summed E-state index contributed by atoms with van der Waals surface area (Å²) in [6.45, 7) is -0.150. The topological polar surface area (TPSA) is 85.2 Å². The lowest BCUT2D eigenvalue weighted by Crippen LogP contribution is -2.16. The van der Waals surface area contributed by atoms with E-state index in [0.717, 1.165) is 12.3 Å². The number of nitrogens with zero attached hydrogens (tertiary/aromatic N) is 2. The molecule has 0 amide bonds. The summed E-state index contributed by atoms with van der Waals surface area (Å²) in [5.41, 5.74) is 5.52. The molecule has 3 N–H and O–H groups in total. The molecule has 1 aromatic heterocycles. The van der Waals surface area contributed by atoms with Crippen LogP contribution < -0.4 is 5.73 Å². The zero-order valence-corrected chi connectivity index (χ0v) is 7.31. The van der Waals surface area contributed by atoms with E-state index in [2.05, 4.69) is 10.1 Å². The molecule has 0 saturated heterocycles. The van der Waals surface area contributed by atoms with Gasteiger partial charge in [0, 0.05) is 6.42 Å². The minimum absolute atomic E-state index is 0.150. The highest BCUT2D eigenvalue weighted by molar-refractivity contribution is 4.95. The molecule has 1 saturated carbocycles. The van der Waals surface area contributed by atoms with Crippen molar-refractivity contribution in [2.45, 2.75) is 25.3 Å². The highest BCUT2D eigenvalue weighted by Gasteiger charge is 2.25. The third-order valence-corrected chi connectivity index (χ3v) is 2.17. The molecular weight excluding hydrogens is 170 g/mol. The highest BCUT2D eigenvalue weighted by Crippen LogP contribution is 2.32. The standard InChI is InChI=1S/C8H13N3O2/c9-6(4-12)8-10-7(13-11-8)3-5-1-2-5/h5-6,12H,1-4,9H2. The molecule has 1 aromatic rings. The van der Waals surface area contributed by atoms with Crippen LogP contribution in [0.15, 0.2) is 4.52 Å². The van der Waals surface area contributed by atoms with Gasteiger partial charge in [0.15, 0.2) is 5.82 Å². The molecule has 1 unspecified atom stereocenters. The van der Waals surface area contributed by atoms with Gasteiger partial charge in [-0.15, -0.1) is 0 Å². The number of aromatic nitrogens is 2. The van der Waals surface area contributed by atoms with Gasteiger partial charge in [-0.2, -0.15) is 4.98 Å². The van der Waals surface area contributed by atoms with Crippen molar-refractivity contribution in [2.24, 2.45) is 11.7 Å². The number of aliphatic hydroxyl groups is 1. The average molecular weight is 183 g/mol. The van der Waals surface area contributed by atoms with Crippen LogP contribution in [0.4, 0.5) is 0 Å². The summed E-state index contributed by atoms with van der Waals surface area (Å²) in [5, 5.41) is 12.4. The van der Waals surface area contributed by atoms with Gasteiger partial charge in [-0.1, -0.05) is 5.16 Å². The first kappa shape index (κ1) is 8.65. The van der Waals surface area contributed by atoms with Crippen LogP contribution >= 0.6 is 0 Å². The van der Waals surface area contributed by atoms with Gasteiger partial charge < -0.3 is 15.4 Å². The maximum absolute atomic E-state index is 8.75. The van der Waals surface area contributed by atoms with Crippen molar-refractivity contribution in [3.8, 4) is 0 Å². The van der Waals surface area contributed by atoms with Crippen LogP contribution in [0.1, 0.15) is 30.6 Å². The van der Waals surface area contributed by atoms with Crippen molar-refractivity contribution in [3.05, 3.63) is 11.7 Å². The Kier molecular flexibility index (Phi) is 2.28. The fourth-order valence-corrected chi connectivity index (χ4v) is 1.15. The number of nitrogens with two attached hydrogens (primary N) is 1. The lowest BCUT2D eigenvalue weighted by atomic mass is 10.3. The zero-order valence-electron chi connectivity index (χ0n) is 7.31. The second kappa shape index (κ2) is 3.43. The average Bonchev–Trinajstić information content (AvgIpc) is 2.81. The smallest absolute Gasteiger partial charge is 0.226 e. The van der Waals surface area contributed by atoms with Crippen LogP contribution in [0, 0.1) is 5.92 Å². The normalized spacial score (nSPS) is 18.9. The molecule has 0 bridgehead atoms. The van der Waals surface area contributed by atoms with Gasteiger partial charge in [0.2, 0.25) is 5.89 Å². The summed E-state index contributed by atoms with van der Waals surface area (Å²) in [4.78, 5) is 4.10. The number of rotatable bonds is 4. The Balaban J connectivity index is 1.99. The summed E-state index contributed by atoms with van der Waals surface area (Å²) in [5.74, 6) is 1.76. The molecule has 0 aliphatic heterocycles.